The summed E-state index contributed by atoms with van der Waals surface area (Å²) >= 11 is 5.65. The van der Waals surface area contributed by atoms with E-state index in [1.807, 2.05) is 39.7 Å². The van der Waals surface area contributed by atoms with Crippen LogP contribution in [0.25, 0.3) is 22.3 Å². The molecule has 2 aliphatic carbocycles. The lowest BCUT2D eigenvalue weighted by Gasteiger charge is -2.26. The number of anilines is 6. The van der Waals surface area contributed by atoms with E-state index in [1.54, 1.807) is 19.7 Å². The molecule has 0 radical (unpaired) electrons. The Hall–Kier alpha value is -4.46. The van der Waals surface area contributed by atoms with Crippen LogP contribution in [-0.4, -0.2) is 89.9 Å². The van der Waals surface area contributed by atoms with Crippen LogP contribution >= 0.6 is 13.2 Å². The predicted octanol–water partition coefficient (Wildman–Crippen LogP) is 7.16. The van der Waals surface area contributed by atoms with Gasteiger partial charge >= 0.3 is 0 Å². The van der Waals surface area contributed by atoms with E-state index in [0.717, 1.165) is 103 Å². The fourth-order valence-corrected chi connectivity index (χ4v) is 9.73. The Morgan fingerprint density at radius 1 is 0.617 bits per heavy atom. The third-order valence-electron chi connectivity index (χ3n) is 11.3. The maximum absolute atomic E-state index is 12.3. The number of nitrogens with zero attached hydrogens (tertiary/aromatic N) is 8. The van der Waals surface area contributed by atoms with Crippen LogP contribution in [0.5, 0.6) is 0 Å². The Kier molecular flexibility index (Phi) is 13.6. The van der Waals surface area contributed by atoms with E-state index in [9.17, 15) is 4.57 Å². The van der Waals surface area contributed by atoms with Gasteiger partial charge in [0.1, 0.15) is 7.14 Å². The van der Waals surface area contributed by atoms with Gasteiger partial charge in [-0.15, -0.1) is 0 Å². The molecular formula is C42H60N14OP2S. The lowest BCUT2D eigenvalue weighted by molar-refractivity contribution is 0.410. The van der Waals surface area contributed by atoms with E-state index in [4.69, 9.17) is 43.2 Å². The molecule has 0 spiro atoms. The number of benzene rings is 2. The Morgan fingerprint density at radius 2 is 1.00 bits per heavy atom. The van der Waals surface area contributed by atoms with E-state index < -0.39 is 13.2 Å². The van der Waals surface area contributed by atoms with Crippen molar-refractivity contribution in [3.63, 3.8) is 0 Å². The number of aryl methyl sites for hydroxylation is 2. The largest absolute Gasteiger partial charge is 0.351 e. The number of hydrogen-bond acceptors (Lipinski definition) is 14. The lowest BCUT2D eigenvalue weighted by Crippen LogP contribution is -2.33. The Bertz CT molecular complexity index is 2310. The third kappa shape index (κ3) is 10.7. The first-order chi connectivity index (χ1) is 28.7. The highest BCUT2D eigenvalue weighted by Crippen LogP contribution is 2.36. The van der Waals surface area contributed by atoms with Crippen LogP contribution in [0, 0.1) is 0 Å². The fourth-order valence-electron chi connectivity index (χ4n) is 7.63. The molecule has 18 heteroatoms. The molecule has 2 fully saturated rings. The summed E-state index contributed by atoms with van der Waals surface area (Å²) in [4.78, 5) is 28.1. The summed E-state index contributed by atoms with van der Waals surface area (Å²) in [5.74, 6) is 2.60. The van der Waals surface area contributed by atoms with Gasteiger partial charge in [0.05, 0.1) is 12.7 Å². The van der Waals surface area contributed by atoms with E-state index in [1.165, 1.54) is 5.30 Å². The first-order valence-corrected chi connectivity index (χ1v) is 27.3. The summed E-state index contributed by atoms with van der Waals surface area (Å²) in [6.45, 7) is 13.6. The van der Waals surface area contributed by atoms with Gasteiger partial charge in [0, 0.05) is 53.9 Å². The molecule has 4 heterocycles. The van der Waals surface area contributed by atoms with Gasteiger partial charge in [-0.25, -0.2) is 9.97 Å². The van der Waals surface area contributed by atoms with Crippen molar-refractivity contribution in [2.45, 2.75) is 102 Å². The Labute approximate surface area is 358 Å². The Balaban J connectivity index is 0.000000181. The number of nitrogens with two attached hydrogens (primary N) is 2. The zero-order chi connectivity index (χ0) is 42.6. The summed E-state index contributed by atoms with van der Waals surface area (Å²) in [6.07, 6.45) is 11.8. The van der Waals surface area contributed by atoms with Crippen LogP contribution in [-0.2, 0) is 29.5 Å². The molecule has 2 aliphatic rings. The second-order valence-corrected chi connectivity index (χ2v) is 25.9. The molecule has 0 aliphatic heterocycles. The van der Waals surface area contributed by atoms with Crippen molar-refractivity contribution in [1.29, 1.82) is 0 Å². The molecular weight excluding hydrogens is 811 g/mol. The maximum Gasteiger partial charge on any atom is 0.227 e. The van der Waals surface area contributed by atoms with Crippen LogP contribution in [0.2, 0.25) is 0 Å². The molecule has 6 aromatic rings. The molecule has 0 amide bonds. The van der Waals surface area contributed by atoms with Gasteiger partial charge in [0.2, 0.25) is 11.9 Å². The van der Waals surface area contributed by atoms with Crippen molar-refractivity contribution in [1.82, 2.24) is 39.0 Å². The van der Waals surface area contributed by atoms with Crippen LogP contribution < -0.4 is 43.3 Å². The molecule has 0 saturated heterocycles. The quantitative estimate of drug-likeness (QED) is 0.0676. The topological polar surface area (TPSA) is 204 Å². The third-order valence-corrected chi connectivity index (χ3v) is 15.0. The molecule has 0 unspecified atom stereocenters. The second-order valence-electron chi connectivity index (χ2n) is 16.8. The minimum atomic E-state index is -2.28. The second kappa shape index (κ2) is 18.7. The number of nitrogens with one attached hydrogen (secondary N) is 4. The molecule has 320 valence electrons. The molecule has 8 rings (SSSR count). The van der Waals surface area contributed by atoms with Gasteiger partial charge in [0.15, 0.2) is 34.0 Å². The minimum Gasteiger partial charge on any atom is -0.351 e. The van der Waals surface area contributed by atoms with E-state index in [0.29, 0.717) is 47.7 Å². The predicted molar refractivity (Wildman–Crippen MR) is 254 cm³/mol. The number of aromatic nitrogens is 8. The van der Waals surface area contributed by atoms with Gasteiger partial charge in [-0.3, -0.25) is 0 Å². The standard InChI is InChI=1S/C21H30N7OP.C21H30N7PS/c1-4-28-13-23-18-19(24-15-9-11-17(12-10-15)30(2,3)29)26-21(27-20(18)28)25-16-7-5-14(22)6-8-16;1-4-28-13-23-18-19(24-15-9-11-17(12-10-15)29(2,3)30)26-21(27-20(18)28)25-16-7-5-14(22)6-8-16/h2*9-14,16H,4-8,22H2,1-3H3,(H2,24,25,26,27). The summed E-state index contributed by atoms with van der Waals surface area (Å²) in [5, 5.41) is 15.9. The van der Waals surface area contributed by atoms with E-state index >= 15 is 0 Å². The van der Waals surface area contributed by atoms with Gasteiger partial charge < -0.3 is 46.4 Å². The van der Waals surface area contributed by atoms with Crippen molar-refractivity contribution >= 4 is 92.8 Å². The highest BCUT2D eigenvalue weighted by Gasteiger charge is 2.23. The first-order valence-electron chi connectivity index (χ1n) is 21.0. The average molecular weight is 871 g/mol. The minimum absolute atomic E-state index is 0.301. The summed E-state index contributed by atoms with van der Waals surface area (Å²) in [5.41, 5.74) is 17.1. The SMILES string of the molecule is CCn1cnc2c(Nc3ccc(P(C)(C)=O)cc3)nc(NC3CCC(N)CC3)nc21.CCn1cnc2c(Nc3ccc(P(C)(C)=S)cc3)nc(NC3CCC(N)CC3)nc21. The van der Waals surface area contributed by atoms with Crippen LogP contribution in [0.4, 0.5) is 34.9 Å². The van der Waals surface area contributed by atoms with Gasteiger partial charge in [-0.05, 0) is 140 Å². The maximum atomic E-state index is 12.3. The number of imidazole rings is 2. The average Bonchev–Trinajstić information content (AvgIpc) is 3.84. The van der Waals surface area contributed by atoms with Crippen molar-refractivity contribution in [3.05, 3.63) is 61.2 Å². The molecule has 2 saturated carbocycles. The molecule has 2 aromatic carbocycles. The van der Waals surface area contributed by atoms with Gasteiger partial charge in [-0.2, -0.15) is 19.9 Å². The van der Waals surface area contributed by atoms with Gasteiger partial charge in [0.25, 0.3) is 0 Å². The Morgan fingerprint density at radius 3 is 1.35 bits per heavy atom. The number of hydrogen-bond donors (Lipinski definition) is 6. The molecule has 8 N–H and O–H groups in total. The van der Waals surface area contributed by atoms with Crippen molar-refractivity contribution in [3.8, 4) is 0 Å². The highest BCUT2D eigenvalue weighted by atomic mass is 32.4. The summed E-state index contributed by atoms with van der Waals surface area (Å²) in [6, 6.07) is 15.8. The van der Waals surface area contributed by atoms with Crippen LogP contribution in [0.15, 0.2) is 61.2 Å². The molecule has 15 nitrogen and oxygen atoms in total. The fraction of sp³-hybridized carbons (Fsp3) is 0.476. The lowest BCUT2D eigenvalue weighted by atomic mass is 9.92. The summed E-state index contributed by atoms with van der Waals surface area (Å²) < 4.78 is 16.3. The van der Waals surface area contributed by atoms with Crippen molar-refractivity contribution in [2.75, 3.05) is 47.9 Å². The highest BCUT2D eigenvalue weighted by molar-refractivity contribution is 8.17. The zero-order valence-electron chi connectivity index (χ0n) is 35.6. The summed E-state index contributed by atoms with van der Waals surface area (Å²) in [7, 11) is -2.28. The zero-order valence-corrected chi connectivity index (χ0v) is 38.2. The van der Waals surface area contributed by atoms with Crippen LogP contribution in [0.1, 0.15) is 65.2 Å². The normalized spacial score (nSPS) is 19.7. The molecule has 0 bridgehead atoms. The monoisotopic (exact) mass is 870 g/mol. The first kappa shape index (κ1) is 43.6. The van der Waals surface area contributed by atoms with Gasteiger partial charge in [-0.1, -0.05) is 23.9 Å². The van der Waals surface area contributed by atoms with E-state index in [2.05, 4.69) is 82.7 Å². The van der Waals surface area contributed by atoms with Crippen molar-refractivity contribution in [2.24, 2.45) is 11.5 Å². The molecule has 4 aromatic heterocycles. The smallest absolute Gasteiger partial charge is 0.227 e. The molecule has 0 atom stereocenters. The van der Waals surface area contributed by atoms with E-state index in [-0.39, 0.29) is 0 Å². The van der Waals surface area contributed by atoms with Crippen molar-refractivity contribution < 1.29 is 4.57 Å². The number of fused-ring (bicyclic) bond motifs is 2. The molecule has 60 heavy (non-hydrogen) atoms. The number of rotatable bonds is 12. The van der Waals surface area contributed by atoms with Crippen LogP contribution in [0.3, 0.4) is 0 Å².